The van der Waals surface area contributed by atoms with Crippen molar-refractivity contribution in [1.29, 1.82) is 0 Å². The topological polar surface area (TPSA) is 63.6 Å². The van der Waals surface area contributed by atoms with E-state index in [0.717, 1.165) is 42.9 Å². The van der Waals surface area contributed by atoms with Gasteiger partial charge in [0.25, 0.3) is 0 Å². The Labute approximate surface area is 212 Å². The summed E-state index contributed by atoms with van der Waals surface area (Å²) in [6, 6.07) is 0. The van der Waals surface area contributed by atoms with Gasteiger partial charge in [-0.1, -0.05) is 53.4 Å². The van der Waals surface area contributed by atoms with Gasteiger partial charge in [-0.15, -0.1) is 0 Å². The average molecular weight is 547 g/mol. The van der Waals surface area contributed by atoms with E-state index in [1.807, 2.05) is 13.8 Å². The van der Waals surface area contributed by atoms with Crippen LogP contribution in [-0.4, -0.2) is 40.1 Å². The molecule has 0 aliphatic carbocycles. The number of rotatable bonds is 15. The summed E-state index contributed by atoms with van der Waals surface area (Å²) >= 11 is 3.14. The standard InChI is InChI=1S/C15H17F5O2S.C9H18O2S/c1-3-5-6-8(7-23-4-2)15(21)22-14-12(19)10(17)9(16)11(18)13(14)20;1-3-5-6-8(9(10)11)7-12-4-2/h8H,3-7H2,1-2H3;8H,3-7H2,1-2H3,(H,10,11). The highest BCUT2D eigenvalue weighted by Crippen LogP contribution is 2.30. The number of esters is 1. The Morgan fingerprint density at radius 2 is 1.14 bits per heavy atom. The van der Waals surface area contributed by atoms with Crippen molar-refractivity contribution < 1.29 is 41.4 Å². The molecule has 2 unspecified atom stereocenters. The summed E-state index contributed by atoms with van der Waals surface area (Å²) in [4.78, 5) is 22.7. The Bertz CT molecular complexity index is 751. The number of thioether (sulfide) groups is 2. The highest BCUT2D eigenvalue weighted by molar-refractivity contribution is 7.99. The molecule has 2 atom stereocenters. The summed E-state index contributed by atoms with van der Waals surface area (Å²) in [5.41, 5.74) is 0. The van der Waals surface area contributed by atoms with Gasteiger partial charge in [0.15, 0.2) is 0 Å². The lowest BCUT2D eigenvalue weighted by Gasteiger charge is -2.16. The van der Waals surface area contributed by atoms with Crippen LogP contribution in [0.15, 0.2) is 0 Å². The number of carboxylic acids is 1. The fourth-order valence-electron chi connectivity index (χ4n) is 2.83. The van der Waals surface area contributed by atoms with Crippen LogP contribution in [-0.2, 0) is 9.59 Å². The first-order chi connectivity index (χ1) is 16.6. The lowest BCUT2D eigenvalue weighted by molar-refractivity contribution is -0.141. The zero-order valence-corrected chi connectivity index (χ0v) is 22.2. The van der Waals surface area contributed by atoms with Gasteiger partial charge >= 0.3 is 11.9 Å². The quantitative estimate of drug-likeness (QED) is 0.0809. The molecule has 1 aromatic rings. The molecule has 0 saturated carbocycles. The summed E-state index contributed by atoms with van der Waals surface area (Å²) in [5, 5.41) is 8.81. The van der Waals surface area contributed by atoms with Crippen LogP contribution in [0.4, 0.5) is 22.0 Å². The highest BCUT2D eigenvalue weighted by Gasteiger charge is 2.30. The number of carboxylic acid groups (broad SMARTS) is 1. The Hall–Kier alpha value is -1.49. The number of hydrogen-bond donors (Lipinski definition) is 1. The summed E-state index contributed by atoms with van der Waals surface area (Å²) in [5.74, 6) is -12.0. The predicted molar refractivity (Wildman–Crippen MR) is 132 cm³/mol. The van der Waals surface area contributed by atoms with Gasteiger partial charge in [-0.05, 0) is 24.3 Å². The lowest BCUT2D eigenvalue weighted by Crippen LogP contribution is -2.24. The smallest absolute Gasteiger partial charge is 0.315 e. The van der Waals surface area contributed by atoms with Crippen LogP contribution in [0.1, 0.15) is 66.2 Å². The molecule has 0 amide bonds. The van der Waals surface area contributed by atoms with Crippen LogP contribution in [0.5, 0.6) is 5.75 Å². The second kappa shape index (κ2) is 18.7. The van der Waals surface area contributed by atoms with E-state index in [-0.39, 0.29) is 5.92 Å². The molecule has 1 rings (SSSR count). The first kappa shape index (κ1) is 33.5. The van der Waals surface area contributed by atoms with Crippen LogP contribution >= 0.6 is 23.5 Å². The third-order valence-corrected chi connectivity index (χ3v) is 7.01. The van der Waals surface area contributed by atoms with Crippen LogP contribution in [0, 0.1) is 40.9 Å². The molecule has 4 nitrogen and oxygen atoms in total. The normalized spacial score (nSPS) is 12.5. The summed E-state index contributed by atoms with van der Waals surface area (Å²) in [6.45, 7) is 7.92. The minimum atomic E-state index is -2.29. The maximum Gasteiger partial charge on any atom is 0.315 e. The molecule has 0 bridgehead atoms. The molecule has 0 aliphatic rings. The SMILES string of the molecule is CCCCC(CSCC)C(=O)O.CCCCC(CSCC)C(=O)Oc1c(F)c(F)c(F)c(F)c1F. The second-order valence-electron chi connectivity index (χ2n) is 7.66. The van der Waals surface area contributed by atoms with Gasteiger partial charge < -0.3 is 9.84 Å². The maximum atomic E-state index is 13.5. The van der Waals surface area contributed by atoms with Crippen LogP contribution in [0.2, 0.25) is 0 Å². The van der Waals surface area contributed by atoms with Crippen molar-refractivity contribution in [3.05, 3.63) is 29.1 Å². The zero-order chi connectivity index (χ0) is 27.0. The van der Waals surface area contributed by atoms with E-state index in [2.05, 4.69) is 18.6 Å². The third kappa shape index (κ3) is 11.9. The third-order valence-electron chi connectivity index (χ3n) is 4.91. The Morgan fingerprint density at radius 3 is 1.54 bits per heavy atom. The molecule has 0 spiro atoms. The Kier molecular flexibility index (Phi) is 17.9. The number of carbonyl (C=O) groups excluding carboxylic acids is 1. The van der Waals surface area contributed by atoms with E-state index < -0.39 is 52.7 Å². The molecule has 35 heavy (non-hydrogen) atoms. The largest absolute Gasteiger partial charge is 0.481 e. The molecule has 0 radical (unpaired) electrons. The molecule has 0 saturated heterocycles. The van der Waals surface area contributed by atoms with Gasteiger partial charge in [0.1, 0.15) is 0 Å². The second-order valence-corrected chi connectivity index (χ2v) is 10.3. The zero-order valence-electron chi connectivity index (χ0n) is 20.6. The van der Waals surface area contributed by atoms with E-state index in [1.165, 1.54) is 11.8 Å². The molecular formula is C24H35F5O4S2. The van der Waals surface area contributed by atoms with Gasteiger partial charge in [0.05, 0.1) is 11.8 Å². The predicted octanol–water partition coefficient (Wildman–Crippen LogP) is 7.48. The Morgan fingerprint density at radius 1 is 0.743 bits per heavy atom. The monoisotopic (exact) mass is 546 g/mol. The number of carbonyl (C=O) groups is 2. The molecule has 11 heteroatoms. The van der Waals surface area contributed by atoms with Crippen molar-refractivity contribution in [2.45, 2.75) is 66.2 Å². The lowest BCUT2D eigenvalue weighted by atomic mass is 10.0. The van der Waals surface area contributed by atoms with E-state index >= 15 is 0 Å². The fraction of sp³-hybridized carbons (Fsp3) is 0.667. The summed E-state index contributed by atoms with van der Waals surface area (Å²) in [6.07, 6.45) is 4.84. The molecule has 0 heterocycles. The molecular weight excluding hydrogens is 511 g/mol. The van der Waals surface area contributed by atoms with Crippen LogP contribution in [0.25, 0.3) is 0 Å². The molecule has 0 aromatic heterocycles. The Balaban J connectivity index is 0.000000814. The van der Waals surface area contributed by atoms with E-state index in [9.17, 15) is 31.5 Å². The molecule has 0 aliphatic heterocycles. The summed E-state index contributed by atoms with van der Waals surface area (Å²) < 4.78 is 70.7. The number of hydrogen-bond acceptors (Lipinski definition) is 5. The number of ether oxygens (including phenoxy) is 1. The van der Waals surface area contributed by atoms with E-state index in [4.69, 9.17) is 5.11 Å². The number of aliphatic carboxylic acids is 1. The van der Waals surface area contributed by atoms with E-state index in [0.29, 0.717) is 18.6 Å². The molecule has 1 aromatic carbocycles. The first-order valence-electron chi connectivity index (χ1n) is 11.7. The van der Waals surface area contributed by atoms with Crippen molar-refractivity contribution in [2.75, 3.05) is 23.0 Å². The van der Waals surface area contributed by atoms with Crippen molar-refractivity contribution in [3.63, 3.8) is 0 Å². The van der Waals surface area contributed by atoms with Crippen molar-refractivity contribution in [3.8, 4) is 5.75 Å². The molecule has 0 fully saturated rings. The van der Waals surface area contributed by atoms with Gasteiger partial charge in [-0.3, -0.25) is 9.59 Å². The maximum absolute atomic E-state index is 13.5. The van der Waals surface area contributed by atoms with E-state index in [1.54, 1.807) is 11.8 Å². The highest BCUT2D eigenvalue weighted by atomic mass is 32.2. The number of unbranched alkanes of at least 4 members (excludes halogenated alkanes) is 2. The summed E-state index contributed by atoms with van der Waals surface area (Å²) in [7, 11) is 0. The van der Waals surface area contributed by atoms with Crippen molar-refractivity contribution >= 4 is 35.5 Å². The molecule has 202 valence electrons. The van der Waals surface area contributed by atoms with Gasteiger partial charge in [0, 0.05) is 11.5 Å². The fourth-order valence-corrected chi connectivity index (χ4v) is 4.48. The minimum absolute atomic E-state index is 0.130. The minimum Gasteiger partial charge on any atom is -0.481 e. The van der Waals surface area contributed by atoms with Crippen molar-refractivity contribution in [2.24, 2.45) is 11.8 Å². The van der Waals surface area contributed by atoms with Gasteiger partial charge in [-0.2, -0.15) is 32.3 Å². The van der Waals surface area contributed by atoms with Crippen LogP contribution < -0.4 is 4.74 Å². The molecule has 1 N–H and O–H groups in total. The number of benzene rings is 1. The van der Waals surface area contributed by atoms with Crippen molar-refractivity contribution in [1.82, 2.24) is 0 Å². The number of halogens is 5. The van der Waals surface area contributed by atoms with Gasteiger partial charge in [0.2, 0.25) is 34.8 Å². The van der Waals surface area contributed by atoms with Gasteiger partial charge in [-0.25, -0.2) is 13.2 Å². The average Bonchev–Trinajstić information content (AvgIpc) is 2.84. The van der Waals surface area contributed by atoms with Crippen LogP contribution in [0.3, 0.4) is 0 Å². The first-order valence-corrected chi connectivity index (χ1v) is 14.0.